The van der Waals surface area contributed by atoms with Crippen molar-refractivity contribution in [3.8, 4) is 11.1 Å². The Balaban J connectivity index is 1.17. The maximum absolute atomic E-state index is 2.63. The molecule has 0 radical (unpaired) electrons. The van der Waals surface area contributed by atoms with Gasteiger partial charge in [-0.15, -0.1) is 11.3 Å². The Bertz CT molecular complexity index is 2330. The molecule has 4 saturated carbocycles. The van der Waals surface area contributed by atoms with Gasteiger partial charge in [0.1, 0.15) is 0 Å². The van der Waals surface area contributed by atoms with Gasteiger partial charge in [-0.2, -0.15) is 0 Å². The Morgan fingerprint density at radius 2 is 1.15 bits per heavy atom. The van der Waals surface area contributed by atoms with Crippen molar-refractivity contribution in [1.82, 2.24) is 0 Å². The first kappa shape index (κ1) is 25.8. The van der Waals surface area contributed by atoms with Gasteiger partial charge in [0.05, 0.1) is 5.69 Å². The molecule has 12 rings (SSSR count). The third-order valence-corrected chi connectivity index (χ3v) is 13.6. The van der Waals surface area contributed by atoms with Crippen LogP contribution in [0.1, 0.15) is 43.2 Å². The van der Waals surface area contributed by atoms with Crippen LogP contribution in [0.5, 0.6) is 0 Å². The lowest BCUT2D eigenvalue weighted by Gasteiger charge is -2.61. The lowest BCUT2D eigenvalue weighted by Crippen LogP contribution is -2.55. The first-order valence-corrected chi connectivity index (χ1v) is 18.0. The number of hydrogen-bond acceptors (Lipinski definition) is 2. The Labute approximate surface area is 274 Å². The van der Waals surface area contributed by atoms with Crippen LogP contribution in [0.2, 0.25) is 0 Å². The predicted molar refractivity (Wildman–Crippen MR) is 195 cm³/mol. The van der Waals surface area contributed by atoms with Crippen LogP contribution in [-0.2, 0) is 5.41 Å². The molecular weight excluding hydrogens is 575 g/mol. The van der Waals surface area contributed by atoms with Crippen LogP contribution < -0.4 is 4.90 Å². The van der Waals surface area contributed by atoms with Crippen LogP contribution in [0.25, 0.3) is 42.1 Å². The maximum Gasteiger partial charge on any atom is 0.0540 e. The maximum atomic E-state index is 2.63. The first-order chi connectivity index (χ1) is 22.8. The SMILES string of the molecule is c1ccc2c(c1)-c1ccc(N(c3ccc4c(c3)sc3ccccc34)c3cccc4ccccc34)cc1C21C2CC3CC(C2)CC1C3. The summed E-state index contributed by atoms with van der Waals surface area (Å²) in [5, 5.41) is 5.26. The van der Waals surface area contributed by atoms with Crippen molar-refractivity contribution in [1.29, 1.82) is 0 Å². The molecule has 0 N–H and O–H groups in total. The zero-order valence-corrected chi connectivity index (χ0v) is 26.6. The summed E-state index contributed by atoms with van der Waals surface area (Å²) < 4.78 is 2.69. The molecule has 0 amide bonds. The fraction of sp³-hybridized carbons (Fsp3) is 0.227. The van der Waals surface area contributed by atoms with E-state index in [2.05, 4.69) is 132 Å². The highest BCUT2D eigenvalue weighted by atomic mass is 32.1. The molecule has 0 aliphatic heterocycles. The lowest BCUT2D eigenvalue weighted by molar-refractivity contribution is -0.0399. The van der Waals surface area contributed by atoms with Crippen LogP contribution in [0.3, 0.4) is 0 Å². The second-order valence-electron chi connectivity index (χ2n) is 14.6. The van der Waals surface area contributed by atoms with E-state index in [4.69, 9.17) is 0 Å². The molecule has 46 heavy (non-hydrogen) atoms. The van der Waals surface area contributed by atoms with Crippen molar-refractivity contribution in [2.24, 2.45) is 23.7 Å². The van der Waals surface area contributed by atoms with Gasteiger partial charge in [0.15, 0.2) is 0 Å². The van der Waals surface area contributed by atoms with E-state index in [1.165, 1.54) is 91.2 Å². The van der Waals surface area contributed by atoms with Crippen molar-refractivity contribution >= 4 is 59.3 Å². The minimum atomic E-state index is 0.148. The van der Waals surface area contributed by atoms with E-state index in [-0.39, 0.29) is 5.41 Å². The molecule has 0 saturated heterocycles. The molecule has 0 atom stereocenters. The number of nitrogens with zero attached hydrogens (tertiary/aromatic N) is 1. The molecule has 222 valence electrons. The monoisotopic (exact) mass is 609 g/mol. The molecule has 7 aromatic rings. The van der Waals surface area contributed by atoms with E-state index in [9.17, 15) is 0 Å². The molecule has 0 unspecified atom stereocenters. The van der Waals surface area contributed by atoms with Crippen molar-refractivity contribution in [2.45, 2.75) is 37.5 Å². The van der Waals surface area contributed by atoms with Gasteiger partial charge in [-0.05, 0) is 120 Å². The van der Waals surface area contributed by atoms with Crippen LogP contribution >= 0.6 is 11.3 Å². The van der Waals surface area contributed by atoms with Crippen LogP contribution in [0, 0.1) is 23.7 Å². The van der Waals surface area contributed by atoms with Crippen LogP contribution in [0.4, 0.5) is 17.1 Å². The quantitative estimate of drug-likeness (QED) is 0.193. The summed E-state index contributed by atoms with van der Waals surface area (Å²) in [6.07, 6.45) is 7.09. The number of thiophene rings is 1. The molecule has 1 aromatic heterocycles. The van der Waals surface area contributed by atoms with Gasteiger partial charge < -0.3 is 4.90 Å². The van der Waals surface area contributed by atoms with E-state index >= 15 is 0 Å². The van der Waals surface area contributed by atoms with Crippen LogP contribution in [0.15, 0.2) is 127 Å². The smallest absolute Gasteiger partial charge is 0.0540 e. The number of hydrogen-bond donors (Lipinski definition) is 0. The molecular formula is C44H35NS. The number of anilines is 3. The summed E-state index contributed by atoms with van der Waals surface area (Å²) in [6.45, 7) is 0. The van der Waals surface area contributed by atoms with Gasteiger partial charge in [-0.25, -0.2) is 0 Å². The predicted octanol–water partition coefficient (Wildman–Crippen LogP) is 12.4. The van der Waals surface area contributed by atoms with Gasteiger partial charge in [-0.3, -0.25) is 0 Å². The third kappa shape index (κ3) is 3.36. The Hall–Kier alpha value is -4.40. The van der Waals surface area contributed by atoms with Crippen molar-refractivity contribution in [3.63, 3.8) is 0 Å². The summed E-state index contributed by atoms with van der Waals surface area (Å²) in [6, 6.07) is 48.6. The van der Waals surface area contributed by atoms with Gasteiger partial charge >= 0.3 is 0 Å². The van der Waals surface area contributed by atoms with Crippen LogP contribution in [-0.4, -0.2) is 0 Å². The molecule has 1 heterocycles. The number of benzene rings is 6. The minimum Gasteiger partial charge on any atom is -0.310 e. The molecule has 6 aromatic carbocycles. The standard InChI is InChI=1S/C44H35NS/c1-2-10-34-29(8-1)9-7-14-41(34)45(33-17-19-38-37-12-4-6-15-42(37)46-43(38)26-33)32-16-18-36-35-11-3-5-13-39(35)44(40(36)25-32)30-21-27-20-28(23-30)24-31(44)22-27/h1-19,25-28,30-31H,20-24H2. The summed E-state index contributed by atoms with van der Waals surface area (Å²) in [7, 11) is 0. The van der Waals surface area contributed by atoms with Gasteiger partial charge in [0.25, 0.3) is 0 Å². The molecule has 5 aliphatic carbocycles. The molecule has 2 heteroatoms. The number of fused-ring (bicyclic) bond motifs is 7. The Morgan fingerprint density at radius 3 is 2.02 bits per heavy atom. The average molecular weight is 610 g/mol. The zero-order chi connectivity index (χ0) is 30.0. The fourth-order valence-electron chi connectivity index (χ4n) is 11.0. The van der Waals surface area contributed by atoms with E-state index in [0.29, 0.717) is 0 Å². The van der Waals surface area contributed by atoms with E-state index in [1.54, 1.807) is 11.1 Å². The Kier molecular flexibility index (Phi) is 5.22. The summed E-state index contributed by atoms with van der Waals surface area (Å²) in [5.41, 5.74) is 10.1. The topological polar surface area (TPSA) is 3.24 Å². The van der Waals surface area contributed by atoms with E-state index in [1.807, 2.05) is 11.3 Å². The summed E-state index contributed by atoms with van der Waals surface area (Å²) >= 11 is 1.91. The Morgan fingerprint density at radius 1 is 0.500 bits per heavy atom. The van der Waals surface area contributed by atoms with E-state index < -0.39 is 0 Å². The molecule has 4 bridgehead atoms. The normalized spacial score (nSPS) is 25.5. The highest BCUT2D eigenvalue weighted by Crippen LogP contribution is 2.69. The highest BCUT2D eigenvalue weighted by molar-refractivity contribution is 7.25. The first-order valence-electron chi connectivity index (χ1n) is 17.2. The zero-order valence-electron chi connectivity index (χ0n) is 25.8. The fourth-order valence-corrected chi connectivity index (χ4v) is 12.1. The van der Waals surface area contributed by atoms with Gasteiger partial charge in [0, 0.05) is 42.3 Å². The van der Waals surface area contributed by atoms with Crippen molar-refractivity contribution in [3.05, 3.63) is 139 Å². The summed E-state index contributed by atoms with van der Waals surface area (Å²) in [4.78, 5) is 2.55. The molecule has 1 spiro atoms. The van der Waals surface area contributed by atoms with Gasteiger partial charge in [-0.1, -0.05) is 91.0 Å². The highest BCUT2D eigenvalue weighted by Gasteiger charge is 2.61. The van der Waals surface area contributed by atoms with Gasteiger partial charge in [0.2, 0.25) is 0 Å². The number of rotatable bonds is 3. The van der Waals surface area contributed by atoms with Crippen molar-refractivity contribution < 1.29 is 0 Å². The largest absolute Gasteiger partial charge is 0.310 e. The second-order valence-corrected chi connectivity index (χ2v) is 15.6. The van der Waals surface area contributed by atoms with E-state index in [0.717, 1.165) is 23.7 Å². The molecule has 5 aliphatic rings. The lowest BCUT2D eigenvalue weighted by atomic mass is 9.43. The minimum absolute atomic E-state index is 0.148. The summed E-state index contributed by atoms with van der Waals surface area (Å²) in [5.74, 6) is 3.38. The average Bonchev–Trinajstić information content (AvgIpc) is 3.60. The third-order valence-electron chi connectivity index (χ3n) is 12.4. The van der Waals surface area contributed by atoms with Crippen molar-refractivity contribution in [2.75, 3.05) is 4.90 Å². The molecule has 1 nitrogen and oxygen atoms in total. The second kappa shape index (κ2) is 9.33. The molecule has 4 fully saturated rings.